The molecule has 0 spiro atoms. The van der Waals surface area contributed by atoms with Crippen LogP contribution >= 0.6 is 0 Å². The van der Waals surface area contributed by atoms with Gasteiger partial charge in [0, 0.05) is 11.3 Å². The molecule has 0 aliphatic heterocycles. The Balaban J connectivity index is 1.85. The zero-order valence-corrected chi connectivity index (χ0v) is 13.2. The monoisotopic (exact) mass is 305 g/mol. The molecule has 116 valence electrons. The molecule has 3 nitrogen and oxygen atoms in total. The van der Waals surface area contributed by atoms with Gasteiger partial charge in [-0.3, -0.25) is 4.79 Å². The molecule has 1 amide bonds. The quantitative estimate of drug-likeness (QED) is 0.708. The maximum absolute atomic E-state index is 12.5. The third-order valence-corrected chi connectivity index (χ3v) is 3.77. The van der Waals surface area contributed by atoms with Crippen molar-refractivity contribution in [3.05, 3.63) is 78.3 Å². The number of rotatable bonds is 4. The van der Waals surface area contributed by atoms with Crippen LogP contribution in [0.1, 0.15) is 35.9 Å². The summed E-state index contributed by atoms with van der Waals surface area (Å²) in [5, 5.41) is 2.92. The number of furan rings is 1. The zero-order chi connectivity index (χ0) is 16.2. The molecule has 0 saturated carbocycles. The van der Waals surface area contributed by atoms with Gasteiger partial charge in [-0.05, 0) is 35.2 Å². The number of amides is 1. The molecule has 2 aromatic carbocycles. The summed E-state index contributed by atoms with van der Waals surface area (Å²) in [7, 11) is 0. The summed E-state index contributed by atoms with van der Waals surface area (Å²) in [5.41, 5.74) is 3.72. The van der Waals surface area contributed by atoms with E-state index in [4.69, 9.17) is 4.42 Å². The number of carbonyl (C=O) groups is 1. The maximum atomic E-state index is 12.5. The van der Waals surface area contributed by atoms with Crippen LogP contribution in [0.2, 0.25) is 0 Å². The van der Waals surface area contributed by atoms with Crippen molar-refractivity contribution in [3.63, 3.8) is 0 Å². The van der Waals surface area contributed by atoms with Crippen LogP contribution in [0.4, 0.5) is 5.69 Å². The molecule has 1 N–H and O–H groups in total. The minimum atomic E-state index is -0.241. The van der Waals surface area contributed by atoms with Gasteiger partial charge in [0.1, 0.15) is 0 Å². The molecule has 3 rings (SSSR count). The lowest BCUT2D eigenvalue weighted by Crippen LogP contribution is -2.12. The van der Waals surface area contributed by atoms with Crippen LogP contribution < -0.4 is 5.32 Å². The third-order valence-electron chi connectivity index (χ3n) is 3.77. The second-order valence-electron chi connectivity index (χ2n) is 5.76. The van der Waals surface area contributed by atoms with Gasteiger partial charge in [-0.25, -0.2) is 0 Å². The van der Waals surface area contributed by atoms with Crippen LogP contribution in [-0.2, 0) is 0 Å². The molecule has 0 atom stereocenters. The first-order chi connectivity index (χ1) is 11.1. The van der Waals surface area contributed by atoms with Crippen molar-refractivity contribution in [3.8, 4) is 11.1 Å². The first kappa shape index (κ1) is 15.1. The normalized spacial score (nSPS) is 10.7. The molecule has 23 heavy (non-hydrogen) atoms. The van der Waals surface area contributed by atoms with E-state index in [1.807, 2.05) is 54.6 Å². The Hall–Kier alpha value is -2.81. The summed E-state index contributed by atoms with van der Waals surface area (Å²) < 4.78 is 5.42. The van der Waals surface area contributed by atoms with Crippen molar-refractivity contribution in [2.24, 2.45) is 0 Å². The van der Waals surface area contributed by atoms with Crippen LogP contribution in [0, 0.1) is 0 Å². The smallest absolute Gasteiger partial charge is 0.292 e. The fourth-order valence-electron chi connectivity index (χ4n) is 2.49. The van der Waals surface area contributed by atoms with Crippen LogP contribution in [0.3, 0.4) is 0 Å². The summed E-state index contributed by atoms with van der Waals surface area (Å²) in [5.74, 6) is 0.497. The highest BCUT2D eigenvalue weighted by Gasteiger charge is 2.17. The highest BCUT2D eigenvalue weighted by molar-refractivity contribution is 6.06. The lowest BCUT2D eigenvalue weighted by molar-refractivity contribution is 0.0997. The van der Waals surface area contributed by atoms with Crippen molar-refractivity contribution < 1.29 is 9.21 Å². The molecule has 0 aliphatic rings. The Morgan fingerprint density at radius 3 is 2.52 bits per heavy atom. The van der Waals surface area contributed by atoms with E-state index in [2.05, 4.69) is 25.2 Å². The van der Waals surface area contributed by atoms with Crippen LogP contribution in [0.15, 0.2) is 71.3 Å². The van der Waals surface area contributed by atoms with Crippen molar-refractivity contribution in [2.75, 3.05) is 5.32 Å². The number of carbonyl (C=O) groups excluding carboxylic acids is 1. The maximum Gasteiger partial charge on any atom is 0.292 e. The molecule has 3 aromatic rings. The number of hydrogen-bond acceptors (Lipinski definition) is 2. The fraction of sp³-hybridized carbons (Fsp3) is 0.150. The SMILES string of the molecule is CC(C)c1cccc(NC(=O)c2occc2-c2ccccc2)c1. The van der Waals surface area contributed by atoms with Crippen LogP contribution in [0.5, 0.6) is 0 Å². The summed E-state index contributed by atoms with van der Waals surface area (Å²) in [6, 6.07) is 19.4. The van der Waals surface area contributed by atoms with Gasteiger partial charge >= 0.3 is 0 Å². The predicted molar refractivity (Wildman–Crippen MR) is 92.6 cm³/mol. The minimum Gasteiger partial charge on any atom is -0.459 e. The molecule has 0 aliphatic carbocycles. The standard InChI is InChI=1S/C20H19NO2/c1-14(2)16-9-6-10-17(13-16)21-20(22)19-18(11-12-23-19)15-7-4-3-5-8-15/h3-14H,1-2H3,(H,21,22). The Morgan fingerprint density at radius 1 is 1.00 bits per heavy atom. The average Bonchev–Trinajstić information content (AvgIpc) is 3.05. The molecule has 0 fully saturated rings. The molecule has 0 unspecified atom stereocenters. The van der Waals surface area contributed by atoms with Crippen LogP contribution in [-0.4, -0.2) is 5.91 Å². The van der Waals surface area contributed by atoms with E-state index in [1.165, 1.54) is 5.56 Å². The highest BCUT2D eigenvalue weighted by Crippen LogP contribution is 2.26. The van der Waals surface area contributed by atoms with Gasteiger partial charge < -0.3 is 9.73 Å². The van der Waals surface area contributed by atoms with Crippen LogP contribution in [0.25, 0.3) is 11.1 Å². The van der Waals surface area contributed by atoms with E-state index in [0.29, 0.717) is 11.7 Å². The molecule has 1 aromatic heterocycles. The molecule has 0 bridgehead atoms. The molecule has 0 radical (unpaired) electrons. The van der Waals surface area contributed by atoms with E-state index in [-0.39, 0.29) is 5.91 Å². The summed E-state index contributed by atoms with van der Waals surface area (Å²) >= 11 is 0. The first-order valence-electron chi connectivity index (χ1n) is 7.69. The highest BCUT2D eigenvalue weighted by atomic mass is 16.3. The molecule has 1 heterocycles. The number of hydrogen-bond donors (Lipinski definition) is 1. The topological polar surface area (TPSA) is 42.2 Å². The number of nitrogens with one attached hydrogen (secondary N) is 1. The van der Waals surface area contributed by atoms with Gasteiger partial charge in [-0.2, -0.15) is 0 Å². The van der Waals surface area contributed by atoms with E-state index in [1.54, 1.807) is 6.26 Å². The summed E-state index contributed by atoms with van der Waals surface area (Å²) in [6.07, 6.45) is 1.54. The van der Waals surface area contributed by atoms with Crippen molar-refractivity contribution in [1.29, 1.82) is 0 Å². The summed E-state index contributed by atoms with van der Waals surface area (Å²) in [6.45, 7) is 4.25. The van der Waals surface area contributed by atoms with Crippen molar-refractivity contribution >= 4 is 11.6 Å². The average molecular weight is 305 g/mol. The van der Waals surface area contributed by atoms with Gasteiger partial charge in [0.15, 0.2) is 5.76 Å². The lowest BCUT2D eigenvalue weighted by Gasteiger charge is -2.09. The van der Waals surface area contributed by atoms with E-state index in [9.17, 15) is 4.79 Å². The lowest BCUT2D eigenvalue weighted by atomic mass is 10.0. The van der Waals surface area contributed by atoms with Gasteiger partial charge in [0.2, 0.25) is 0 Å². The van der Waals surface area contributed by atoms with E-state index in [0.717, 1.165) is 16.8 Å². The Morgan fingerprint density at radius 2 is 1.78 bits per heavy atom. The van der Waals surface area contributed by atoms with Gasteiger partial charge in [0.25, 0.3) is 5.91 Å². The van der Waals surface area contributed by atoms with E-state index < -0.39 is 0 Å². The summed E-state index contributed by atoms with van der Waals surface area (Å²) in [4.78, 5) is 12.5. The van der Waals surface area contributed by atoms with Gasteiger partial charge in [-0.15, -0.1) is 0 Å². The number of anilines is 1. The molecular weight excluding hydrogens is 286 g/mol. The molecule has 0 saturated heterocycles. The fourth-order valence-corrected chi connectivity index (χ4v) is 2.49. The zero-order valence-electron chi connectivity index (χ0n) is 13.2. The van der Waals surface area contributed by atoms with E-state index >= 15 is 0 Å². The largest absolute Gasteiger partial charge is 0.459 e. The van der Waals surface area contributed by atoms with Crippen molar-refractivity contribution in [2.45, 2.75) is 19.8 Å². The second-order valence-corrected chi connectivity index (χ2v) is 5.76. The molecular formula is C20H19NO2. The Bertz CT molecular complexity index is 803. The minimum absolute atomic E-state index is 0.241. The van der Waals surface area contributed by atoms with Gasteiger partial charge in [0.05, 0.1) is 6.26 Å². The first-order valence-corrected chi connectivity index (χ1v) is 7.69. The Labute approximate surface area is 136 Å². The Kier molecular flexibility index (Phi) is 4.29. The third kappa shape index (κ3) is 3.34. The molecule has 3 heteroatoms. The second kappa shape index (κ2) is 6.53. The van der Waals surface area contributed by atoms with Gasteiger partial charge in [-0.1, -0.05) is 56.3 Å². The predicted octanol–water partition coefficient (Wildman–Crippen LogP) is 5.32. The van der Waals surface area contributed by atoms with Crippen molar-refractivity contribution in [1.82, 2.24) is 0 Å². The number of benzene rings is 2.